The summed E-state index contributed by atoms with van der Waals surface area (Å²) < 4.78 is 11.2. The van der Waals surface area contributed by atoms with Crippen molar-refractivity contribution in [3.8, 4) is 0 Å². The summed E-state index contributed by atoms with van der Waals surface area (Å²) >= 11 is 0. The second kappa shape index (κ2) is 9.68. The molecule has 0 aliphatic carbocycles. The molecular formula is C11H26O2Si. The van der Waals surface area contributed by atoms with E-state index in [4.69, 9.17) is 8.85 Å². The molecule has 0 N–H and O–H groups in total. The normalized spacial score (nSPS) is 13.5. The van der Waals surface area contributed by atoms with Crippen LogP contribution in [-0.2, 0) is 8.85 Å². The fourth-order valence-electron chi connectivity index (χ4n) is 1.47. The Kier molecular flexibility index (Phi) is 9.78. The lowest BCUT2D eigenvalue weighted by Gasteiger charge is -2.20. The molecule has 14 heavy (non-hydrogen) atoms. The van der Waals surface area contributed by atoms with Gasteiger partial charge in [0, 0.05) is 13.2 Å². The molecule has 0 saturated carbocycles. The predicted octanol–water partition coefficient (Wildman–Crippen LogP) is 3.25. The molecule has 0 spiro atoms. The van der Waals surface area contributed by atoms with Crippen molar-refractivity contribution in [1.29, 1.82) is 0 Å². The van der Waals surface area contributed by atoms with Crippen LogP contribution in [-0.4, -0.2) is 22.5 Å². The SMILES string of the molecule is CCCCC(CCCC)O[SiH](C)OC. The van der Waals surface area contributed by atoms with Crippen LogP contribution in [0.4, 0.5) is 0 Å². The van der Waals surface area contributed by atoms with Gasteiger partial charge in [-0.25, -0.2) is 0 Å². The van der Waals surface area contributed by atoms with Crippen molar-refractivity contribution in [1.82, 2.24) is 0 Å². The molecule has 0 radical (unpaired) electrons. The third-order valence-corrected chi connectivity index (χ3v) is 3.91. The summed E-state index contributed by atoms with van der Waals surface area (Å²) in [4.78, 5) is 0. The number of unbranched alkanes of at least 4 members (excludes halogenated alkanes) is 2. The van der Waals surface area contributed by atoms with Gasteiger partial charge in [-0.1, -0.05) is 39.5 Å². The molecular weight excluding hydrogens is 192 g/mol. The predicted molar refractivity (Wildman–Crippen MR) is 63.9 cm³/mol. The van der Waals surface area contributed by atoms with Crippen molar-refractivity contribution in [2.24, 2.45) is 0 Å². The zero-order valence-electron chi connectivity index (χ0n) is 10.2. The van der Waals surface area contributed by atoms with Gasteiger partial charge in [0.05, 0.1) is 0 Å². The Labute approximate surface area is 90.8 Å². The van der Waals surface area contributed by atoms with E-state index >= 15 is 0 Å². The Morgan fingerprint density at radius 1 is 1.07 bits per heavy atom. The molecule has 0 aliphatic rings. The van der Waals surface area contributed by atoms with Gasteiger partial charge in [-0.2, -0.15) is 0 Å². The molecule has 86 valence electrons. The molecule has 0 amide bonds. The summed E-state index contributed by atoms with van der Waals surface area (Å²) in [7, 11) is 0.433. The zero-order chi connectivity index (χ0) is 10.8. The maximum Gasteiger partial charge on any atom is 0.318 e. The molecule has 0 saturated heterocycles. The third-order valence-electron chi connectivity index (χ3n) is 2.48. The minimum absolute atomic E-state index is 0.455. The fourth-order valence-corrected chi connectivity index (χ4v) is 2.40. The van der Waals surface area contributed by atoms with Crippen LogP contribution in [0.2, 0.25) is 6.55 Å². The average Bonchev–Trinajstić information content (AvgIpc) is 2.21. The highest BCUT2D eigenvalue weighted by Gasteiger charge is 2.13. The maximum atomic E-state index is 5.92. The lowest BCUT2D eigenvalue weighted by molar-refractivity contribution is 0.134. The molecule has 0 aliphatic heterocycles. The lowest BCUT2D eigenvalue weighted by atomic mass is 10.1. The van der Waals surface area contributed by atoms with Gasteiger partial charge < -0.3 is 8.85 Å². The molecule has 0 fully saturated rings. The fraction of sp³-hybridized carbons (Fsp3) is 1.00. The first-order valence-electron chi connectivity index (χ1n) is 5.92. The van der Waals surface area contributed by atoms with Gasteiger partial charge in [-0.05, 0) is 19.4 Å². The molecule has 2 nitrogen and oxygen atoms in total. The van der Waals surface area contributed by atoms with Crippen LogP contribution in [0.25, 0.3) is 0 Å². The van der Waals surface area contributed by atoms with Crippen LogP contribution in [0, 0.1) is 0 Å². The van der Waals surface area contributed by atoms with Gasteiger partial charge in [0.2, 0.25) is 0 Å². The Hall–Kier alpha value is 0.137. The number of hydrogen-bond acceptors (Lipinski definition) is 2. The smallest absolute Gasteiger partial charge is 0.318 e. The highest BCUT2D eigenvalue weighted by Crippen LogP contribution is 2.13. The topological polar surface area (TPSA) is 18.5 Å². The monoisotopic (exact) mass is 218 g/mol. The van der Waals surface area contributed by atoms with E-state index < -0.39 is 9.28 Å². The molecule has 0 rings (SSSR count). The van der Waals surface area contributed by atoms with Gasteiger partial charge in [0.15, 0.2) is 0 Å². The van der Waals surface area contributed by atoms with Gasteiger partial charge in [-0.3, -0.25) is 0 Å². The second-order valence-electron chi connectivity index (χ2n) is 3.85. The average molecular weight is 218 g/mol. The van der Waals surface area contributed by atoms with Crippen LogP contribution < -0.4 is 0 Å². The van der Waals surface area contributed by atoms with Crippen LogP contribution in [0.1, 0.15) is 52.4 Å². The minimum Gasteiger partial charge on any atom is -0.400 e. The Morgan fingerprint density at radius 3 is 1.93 bits per heavy atom. The van der Waals surface area contributed by atoms with Crippen LogP contribution >= 0.6 is 0 Å². The van der Waals surface area contributed by atoms with Gasteiger partial charge in [-0.15, -0.1) is 0 Å². The Morgan fingerprint density at radius 2 is 1.57 bits per heavy atom. The van der Waals surface area contributed by atoms with E-state index in [0.717, 1.165) is 0 Å². The Balaban J connectivity index is 3.71. The van der Waals surface area contributed by atoms with Crippen molar-refractivity contribution in [2.75, 3.05) is 7.11 Å². The largest absolute Gasteiger partial charge is 0.400 e. The van der Waals surface area contributed by atoms with Crippen LogP contribution in [0.15, 0.2) is 0 Å². The summed E-state index contributed by atoms with van der Waals surface area (Å²) in [6, 6.07) is 0. The summed E-state index contributed by atoms with van der Waals surface area (Å²) in [5, 5.41) is 0. The van der Waals surface area contributed by atoms with Crippen molar-refractivity contribution in [3.63, 3.8) is 0 Å². The number of rotatable bonds is 9. The lowest BCUT2D eigenvalue weighted by Crippen LogP contribution is -2.25. The van der Waals surface area contributed by atoms with Gasteiger partial charge in [0.1, 0.15) is 0 Å². The van der Waals surface area contributed by atoms with E-state index in [0.29, 0.717) is 6.10 Å². The molecule has 0 heterocycles. The quantitative estimate of drug-likeness (QED) is 0.553. The summed E-state index contributed by atoms with van der Waals surface area (Å²) in [5.74, 6) is 0. The molecule has 1 atom stereocenters. The second-order valence-corrected chi connectivity index (χ2v) is 5.72. The molecule has 0 aromatic carbocycles. The van der Waals surface area contributed by atoms with E-state index in [1.807, 2.05) is 0 Å². The molecule has 0 bridgehead atoms. The van der Waals surface area contributed by atoms with Crippen molar-refractivity contribution in [2.45, 2.75) is 65.0 Å². The first-order valence-corrected chi connectivity index (χ1v) is 8.02. The molecule has 3 heteroatoms. The van der Waals surface area contributed by atoms with Crippen LogP contribution in [0.3, 0.4) is 0 Å². The van der Waals surface area contributed by atoms with E-state index in [9.17, 15) is 0 Å². The van der Waals surface area contributed by atoms with E-state index in [2.05, 4.69) is 20.4 Å². The molecule has 0 aromatic heterocycles. The highest BCUT2D eigenvalue weighted by atomic mass is 28.3. The number of hydrogen-bond donors (Lipinski definition) is 0. The van der Waals surface area contributed by atoms with Gasteiger partial charge >= 0.3 is 9.28 Å². The third kappa shape index (κ3) is 7.53. The van der Waals surface area contributed by atoms with Gasteiger partial charge in [0.25, 0.3) is 0 Å². The Bertz CT molecular complexity index is 112. The molecule has 0 aromatic rings. The minimum atomic E-state index is -1.32. The van der Waals surface area contributed by atoms with E-state index in [1.54, 1.807) is 7.11 Å². The maximum absolute atomic E-state index is 5.92. The summed E-state index contributed by atoms with van der Waals surface area (Å²) in [5.41, 5.74) is 0. The van der Waals surface area contributed by atoms with E-state index in [1.165, 1.54) is 38.5 Å². The summed E-state index contributed by atoms with van der Waals surface area (Å²) in [6.07, 6.45) is 7.94. The van der Waals surface area contributed by atoms with Crippen molar-refractivity contribution < 1.29 is 8.85 Å². The van der Waals surface area contributed by atoms with Crippen LogP contribution in [0.5, 0.6) is 0 Å². The standard InChI is InChI=1S/C11H26O2Si/c1-5-7-9-11(10-8-6-2)13-14(4)12-3/h11,14H,5-10H2,1-4H3. The zero-order valence-corrected chi connectivity index (χ0v) is 11.4. The summed E-state index contributed by atoms with van der Waals surface area (Å²) in [6.45, 7) is 6.56. The van der Waals surface area contributed by atoms with E-state index in [-0.39, 0.29) is 0 Å². The highest BCUT2D eigenvalue weighted by molar-refractivity contribution is 6.42. The van der Waals surface area contributed by atoms with Crippen molar-refractivity contribution in [3.05, 3.63) is 0 Å². The first-order chi connectivity index (χ1) is 6.74. The van der Waals surface area contributed by atoms with Crippen molar-refractivity contribution >= 4 is 9.28 Å². The first kappa shape index (κ1) is 14.1. The molecule has 1 unspecified atom stereocenters.